The van der Waals surface area contributed by atoms with Gasteiger partial charge in [-0.15, -0.1) is 0 Å². The van der Waals surface area contributed by atoms with E-state index < -0.39 is 20.2 Å². The Balaban J connectivity index is 0.968. The first-order valence-electron chi connectivity index (χ1n) is 18.7. The van der Waals surface area contributed by atoms with Gasteiger partial charge in [0.05, 0.1) is 32.5 Å². The molecule has 0 heterocycles. The molecule has 12 nitrogen and oxygen atoms in total. The molecule has 0 fully saturated rings. The van der Waals surface area contributed by atoms with E-state index in [-0.39, 0.29) is 9.79 Å². The quantitative estimate of drug-likeness (QED) is 0.0678. The Kier molecular flexibility index (Phi) is 13.6. The van der Waals surface area contributed by atoms with Crippen molar-refractivity contribution in [1.82, 2.24) is 0 Å². The first-order valence-corrected chi connectivity index (χ1v) is 21.6. The molecule has 0 aliphatic heterocycles. The predicted octanol–water partition coefficient (Wildman–Crippen LogP) is 10.8. The van der Waals surface area contributed by atoms with Crippen molar-refractivity contribution in [1.29, 1.82) is 0 Å². The Morgan fingerprint density at radius 3 is 1.03 bits per heavy atom. The van der Waals surface area contributed by atoms with Gasteiger partial charge in [-0.2, -0.15) is 37.3 Å². The molecular weight excluding hydrogens is 773 g/mol. The highest BCUT2D eigenvalue weighted by atomic mass is 32.2. The number of hydrogen-bond donors (Lipinski definition) is 2. The normalized spacial score (nSPS) is 12.0. The van der Waals surface area contributed by atoms with Crippen LogP contribution >= 0.6 is 0 Å². The van der Waals surface area contributed by atoms with Gasteiger partial charge < -0.3 is 9.80 Å². The number of anilines is 2. The Morgan fingerprint density at radius 2 is 0.741 bits per heavy atom. The molecule has 0 atom stereocenters. The molecule has 0 bridgehead atoms. The molecule has 6 aromatic carbocycles. The molecule has 0 aliphatic rings. The summed E-state index contributed by atoms with van der Waals surface area (Å²) >= 11 is 0. The third-order valence-corrected chi connectivity index (χ3v) is 11.2. The lowest BCUT2D eigenvalue weighted by atomic mass is 10.0. The number of hydrogen-bond acceptors (Lipinski definition) is 10. The minimum atomic E-state index is -4.26. The molecule has 0 spiro atoms. The van der Waals surface area contributed by atoms with Crippen LogP contribution in [0.15, 0.2) is 176 Å². The Bertz CT molecular complexity index is 2400. The standard InChI is InChI=1S/C44H44N6O6S2/c1-3-49(31-35-7-5-9-43(29-35)57(51,52)53)41-25-21-39(22-26-41)47-45-37-17-13-33(14-18-37)11-12-34-15-19-38(20-16-34)46-48-40-23-27-42(28-24-40)50(4-2)32-36-8-6-10-44(30-36)58(54,55)56/h5-10,13-30H,3-4,11-12,31-32H2,1-2H3,(H,51,52,53)(H,54,55,56)/b47-45+,48-46+. The fourth-order valence-corrected chi connectivity index (χ4v) is 7.36. The van der Waals surface area contributed by atoms with Gasteiger partial charge in [0.1, 0.15) is 0 Å². The third kappa shape index (κ3) is 11.7. The maximum Gasteiger partial charge on any atom is 0.294 e. The minimum Gasteiger partial charge on any atom is -0.367 e. The highest BCUT2D eigenvalue weighted by molar-refractivity contribution is 7.86. The molecule has 0 saturated carbocycles. The molecule has 14 heteroatoms. The van der Waals surface area contributed by atoms with E-state index in [9.17, 15) is 25.9 Å². The van der Waals surface area contributed by atoms with Crippen LogP contribution in [0.4, 0.5) is 34.1 Å². The summed E-state index contributed by atoms with van der Waals surface area (Å²) in [5.41, 5.74) is 8.73. The summed E-state index contributed by atoms with van der Waals surface area (Å²) < 4.78 is 65.0. The van der Waals surface area contributed by atoms with Crippen LogP contribution in [0, 0.1) is 0 Å². The highest BCUT2D eigenvalue weighted by Crippen LogP contribution is 2.27. The molecule has 0 amide bonds. The van der Waals surface area contributed by atoms with Crippen molar-refractivity contribution >= 4 is 54.4 Å². The van der Waals surface area contributed by atoms with E-state index in [4.69, 9.17) is 0 Å². The molecule has 6 aromatic rings. The summed E-state index contributed by atoms with van der Waals surface area (Å²) in [5.74, 6) is 0. The van der Waals surface area contributed by atoms with Gasteiger partial charge in [-0.3, -0.25) is 9.11 Å². The van der Waals surface area contributed by atoms with Crippen LogP contribution < -0.4 is 9.80 Å². The summed E-state index contributed by atoms with van der Waals surface area (Å²) in [6.45, 7) is 6.39. The lowest BCUT2D eigenvalue weighted by Gasteiger charge is -2.23. The lowest BCUT2D eigenvalue weighted by Crippen LogP contribution is -2.22. The van der Waals surface area contributed by atoms with Crippen molar-refractivity contribution < 1.29 is 25.9 Å². The van der Waals surface area contributed by atoms with E-state index in [1.165, 1.54) is 35.4 Å². The molecule has 0 aliphatic carbocycles. The zero-order valence-corrected chi connectivity index (χ0v) is 33.8. The number of aryl methyl sites for hydroxylation is 2. The van der Waals surface area contributed by atoms with Gasteiger partial charge in [-0.25, -0.2) is 0 Å². The van der Waals surface area contributed by atoms with Crippen LogP contribution in [-0.4, -0.2) is 39.0 Å². The maximum atomic E-state index is 11.5. The fraction of sp³-hybridized carbons (Fsp3) is 0.182. The molecule has 58 heavy (non-hydrogen) atoms. The van der Waals surface area contributed by atoms with Crippen molar-refractivity contribution in [2.75, 3.05) is 22.9 Å². The highest BCUT2D eigenvalue weighted by Gasteiger charge is 2.13. The second-order valence-corrected chi connectivity index (χ2v) is 16.4. The third-order valence-electron chi connectivity index (χ3n) is 9.47. The summed E-state index contributed by atoms with van der Waals surface area (Å²) in [4.78, 5) is 3.95. The van der Waals surface area contributed by atoms with Crippen LogP contribution in [0.2, 0.25) is 0 Å². The molecule has 0 aromatic heterocycles. The summed E-state index contributed by atoms with van der Waals surface area (Å²) in [5, 5.41) is 17.6. The van der Waals surface area contributed by atoms with Crippen LogP contribution in [-0.2, 0) is 46.2 Å². The van der Waals surface area contributed by atoms with Crippen LogP contribution in [0.25, 0.3) is 0 Å². The van der Waals surface area contributed by atoms with Crippen molar-refractivity contribution in [2.24, 2.45) is 20.5 Å². The summed E-state index contributed by atoms with van der Waals surface area (Å²) in [6.07, 6.45) is 1.72. The van der Waals surface area contributed by atoms with E-state index in [1.807, 2.05) is 98.8 Å². The van der Waals surface area contributed by atoms with E-state index in [0.29, 0.717) is 37.6 Å². The van der Waals surface area contributed by atoms with Crippen LogP contribution in [0.1, 0.15) is 36.1 Å². The van der Waals surface area contributed by atoms with Gasteiger partial charge >= 0.3 is 0 Å². The zero-order chi connectivity index (χ0) is 41.1. The molecular formula is C44H44N6O6S2. The van der Waals surface area contributed by atoms with Crippen molar-refractivity contribution in [3.8, 4) is 0 Å². The average Bonchev–Trinajstić information content (AvgIpc) is 3.23. The van der Waals surface area contributed by atoms with E-state index in [1.54, 1.807) is 12.1 Å². The minimum absolute atomic E-state index is 0.121. The Morgan fingerprint density at radius 1 is 0.431 bits per heavy atom. The second kappa shape index (κ2) is 18.9. The molecule has 0 unspecified atom stereocenters. The Labute approximate surface area is 339 Å². The summed E-state index contributed by atoms with van der Waals surface area (Å²) in [6, 6.07) is 44.0. The molecule has 6 rings (SSSR count). The van der Waals surface area contributed by atoms with Gasteiger partial charge in [-0.1, -0.05) is 48.5 Å². The van der Waals surface area contributed by atoms with E-state index in [2.05, 4.69) is 54.5 Å². The first-order chi connectivity index (χ1) is 27.9. The smallest absolute Gasteiger partial charge is 0.294 e. The van der Waals surface area contributed by atoms with Crippen LogP contribution in [0.3, 0.4) is 0 Å². The van der Waals surface area contributed by atoms with Gasteiger partial charge in [0.2, 0.25) is 0 Å². The van der Waals surface area contributed by atoms with Gasteiger partial charge in [-0.05, 0) is 146 Å². The molecule has 0 radical (unpaired) electrons. The monoisotopic (exact) mass is 816 g/mol. The fourth-order valence-electron chi connectivity index (χ4n) is 6.26. The summed E-state index contributed by atoms with van der Waals surface area (Å²) in [7, 11) is -8.53. The van der Waals surface area contributed by atoms with Gasteiger partial charge in [0.25, 0.3) is 20.2 Å². The first kappa shape index (κ1) is 41.6. The number of benzene rings is 6. The van der Waals surface area contributed by atoms with Crippen molar-refractivity contribution in [3.63, 3.8) is 0 Å². The van der Waals surface area contributed by atoms with Gasteiger partial charge in [0, 0.05) is 37.6 Å². The predicted molar refractivity (Wildman–Crippen MR) is 227 cm³/mol. The van der Waals surface area contributed by atoms with Crippen molar-refractivity contribution in [3.05, 3.63) is 168 Å². The van der Waals surface area contributed by atoms with E-state index in [0.717, 1.165) is 46.7 Å². The zero-order valence-electron chi connectivity index (χ0n) is 32.1. The number of rotatable bonds is 17. The average molecular weight is 817 g/mol. The largest absolute Gasteiger partial charge is 0.367 e. The molecule has 2 N–H and O–H groups in total. The number of azo groups is 2. The molecule has 0 saturated heterocycles. The van der Waals surface area contributed by atoms with Crippen molar-refractivity contribution in [2.45, 2.75) is 49.6 Å². The Hall–Kier alpha value is -6.06. The maximum absolute atomic E-state index is 11.5. The van der Waals surface area contributed by atoms with E-state index >= 15 is 0 Å². The van der Waals surface area contributed by atoms with Gasteiger partial charge in [0.15, 0.2) is 0 Å². The topological polar surface area (TPSA) is 165 Å². The SMILES string of the molecule is CCN(Cc1cccc(S(=O)(=O)O)c1)c1ccc(/N=N/c2ccc(CCc3ccc(/N=N/c4ccc(N(CC)Cc5cccc(S(=O)(=O)O)c5)cc4)cc3)cc2)cc1. The lowest BCUT2D eigenvalue weighted by molar-refractivity contribution is 0.481. The van der Waals surface area contributed by atoms with Crippen LogP contribution in [0.5, 0.6) is 0 Å². The molecule has 298 valence electrons. The number of nitrogens with zero attached hydrogens (tertiary/aromatic N) is 6. The second-order valence-electron chi connectivity index (χ2n) is 13.5.